The Hall–Kier alpha value is -1.22. The van der Waals surface area contributed by atoms with Crippen molar-refractivity contribution in [1.29, 1.82) is 0 Å². The van der Waals surface area contributed by atoms with E-state index in [-0.39, 0.29) is 11.6 Å². The molecular formula is C17H28N2O. The quantitative estimate of drug-likeness (QED) is 0.914. The first-order valence-corrected chi connectivity index (χ1v) is 7.66. The number of anilines is 1. The molecule has 2 N–H and O–H groups in total. The highest BCUT2D eigenvalue weighted by Gasteiger charge is 2.32. The van der Waals surface area contributed by atoms with Gasteiger partial charge in [0.2, 0.25) is 0 Å². The van der Waals surface area contributed by atoms with E-state index in [1.807, 2.05) is 0 Å². The summed E-state index contributed by atoms with van der Waals surface area (Å²) in [7, 11) is 0. The van der Waals surface area contributed by atoms with Crippen LogP contribution in [0.15, 0.2) is 18.2 Å². The molecule has 112 valence electrons. The van der Waals surface area contributed by atoms with Gasteiger partial charge in [-0.05, 0) is 43.9 Å². The number of rotatable bonds is 4. The molecule has 1 aliphatic rings. The third kappa shape index (κ3) is 3.26. The van der Waals surface area contributed by atoms with E-state index < -0.39 is 0 Å². The van der Waals surface area contributed by atoms with Gasteiger partial charge in [-0.3, -0.25) is 0 Å². The Morgan fingerprint density at radius 2 is 2.05 bits per heavy atom. The lowest BCUT2D eigenvalue weighted by molar-refractivity contribution is 0.104. The molecule has 0 radical (unpaired) electrons. The molecule has 0 saturated carbocycles. The molecular weight excluding hydrogens is 248 g/mol. The van der Waals surface area contributed by atoms with Crippen LogP contribution in [0.2, 0.25) is 0 Å². The molecule has 0 saturated heterocycles. The molecule has 1 atom stereocenters. The molecule has 1 aromatic carbocycles. The van der Waals surface area contributed by atoms with Crippen molar-refractivity contribution < 1.29 is 4.74 Å². The zero-order valence-electron chi connectivity index (χ0n) is 13.4. The molecule has 1 aliphatic heterocycles. The summed E-state index contributed by atoms with van der Waals surface area (Å²) < 4.78 is 6.12. The van der Waals surface area contributed by atoms with E-state index in [1.165, 1.54) is 11.3 Å². The van der Waals surface area contributed by atoms with Crippen LogP contribution in [0.3, 0.4) is 0 Å². The number of benzene rings is 1. The third-order valence-corrected chi connectivity index (χ3v) is 3.93. The number of hydrogen-bond donors (Lipinski definition) is 1. The minimum atomic E-state index is -0.167. The van der Waals surface area contributed by atoms with E-state index in [9.17, 15) is 0 Å². The van der Waals surface area contributed by atoms with Gasteiger partial charge in [-0.2, -0.15) is 0 Å². The van der Waals surface area contributed by atoms with Crippen LogP contribution in [0.4, 0.5) is 5.69 Å². The SMILES string of the molecule is CCC(N)CN1CC(C)(C)Oc2ccc(C(C)C)cc21. The molecule has 1 heterocycles. The Balaban J connectivity index is 2.36. The van der Waals surface area contributed by atoms with Crippen LogP contribution in [0.25, 0.3) is 0 Å². The average molecular weight is 276 g/mol. The van der Waals surface area contributed by atoms with Gasteiger partial charge in [0.1, 0.15) is 11.4 Å². The second-order valence-corrected chi connectivity index (χ2v) is 6.79. The molecule has 2 rings (SSSR count). The minimum absolute atomic E-state index is 0.167. The van der Waals surface area contributed by atoms with Crippen LogP contribution in [0, 0.1) is 0 Å². The van der Waals surface area contributed by atoms with Crippen LogP contribution >= 0.6 is 0 Å². The molecule has 20 heavy (non-hydrogen) atoms. The summed E-state index contributed by atoms with van der Waals surface area (Å²) in [4.78, 5) is 2.39. The smallest absolute Gasteiger partial charge is 0.143 e. The van der Waals surface area contributed by atoms with Crippen molar-refractivity contribution in [3.8, 4) is 5.75 Å². The van der Waals surface area contributed by atoms with Gasteiger partial charge in [0, 0.05) is 12.6 Å². The Labute approximate surface area is 123 Å². The fourth-order valence-corrected chi connectivity index (χ4v) is 2.68. The predicted octanol–water partition coefficient (Wildman–Crippen LogP) is 3.52. The zero-order chi connectivity index (χ0) is 14.9. The molecule has 1 aromatic rings. The minimum Gasteiger partial charge on any atom is -0.484 e. The molecule has 0 fully saturated rings. The lowest BCUT2D eigenvalue weighted by Crippen LogP contribution is -2.50. The van der Waals surface area contributed by atoms with Gasteiger partial charge in [-0.25, -0.2) is 0 Å². The first kappa shape index (κ1) is 15.2. The van der Waals surface area contributed by atoms with Gasteiger partial charge < -0.3 is 15.4 Å². The lowest BCUT2D eigenvalue weighted by atomic mass is 9.99. The summed E-state index contributed by atoms with van der Waals surface area (Å²) in [5, 5.41) is 0. The van der Waals surface area contributed by atoms with Crippen molar-refractivity contribution in [3.05, 3.63) is 23.8 Å². The summed E-state index contributed by atoms with van der Waals surface area (Å²) in [6, 6.07) is 6.75. The molecule has 3 nitrogen and oxygen atoms in total. The lowest BCUT2D eigenvalue weighted by Gasteiger charge is -2.42. The number of nitrogens with two attached hydrogens (primary N) is 1. The second kappa shape index (κ2) is 5.65. The Kier molecular flexibility index (Phi) is 4.28. The largest absolute Gasteiger partial charge is 0.484 e. The number of fused-ring (bicyclic) bond motifs is 1. The van der Waals surface area contributed by atoms with Gasteiger partial charge in [-0.1, -0.05) is 26.8 Å². The van der Waals surface area contributed by atoms with Gasteiger partial charge in [-0.15, -0.1) is 0 Å². The van der Waals surface area contributed by atoms with E-state index in [2.05, 4.69) is 57.7 Å². The molecule has 1 unspecified atom stereocenters. The predicted molar refractivity (Wildman–Crippen MR) is 85.7 cm³/mol. The number of nitrogens with zero attached hydrogens (tertiary/aromatic N) is 1. The van der Waals surface area contributed by atoms with E-state index in [1.54, 1.807) is 0 Å². The van der Waals surface area contributed by atoms with E-state index >= 15 is 0 Å². The monoisotopic (exact) mass is 276 g/mol. The fourth-order valence-electron chi connectivity index (χ4n) is 2.68. The van der Waals surface area contributed by atoms with E-state index in [0.29, 0.717) is 5.92 Å². The normalized spacial score (nSPS) is 18.6. The molecule has 0 amide bonds. The van der Waals surface area contributed by atoms with Crippen molar-refractivity contribution in [2.45, 2.75) is 58.6 Å². The maximum absolute atomic E-state index is 6.16. The molecule has 0 aliphatic carbocycles. The average Bonchev–Trinajstić information content (AvgIpc) is 2.36. The van der Waals surface area contributed by atoms with Gasteiger partial charge in [0.25, 0.3) is 0 Å². The summed E-state index contributed by atoms with van der Waals surface area (Å²) in [6.45, 7) is 12.6. The summed E-state index contributed by atoms with van der Waals surface area (Å²) in [5.41, 5.74) is 8.54. The van der Waals surface area contributed by atoms with Crippen LogP contribution in [0.5, 0.6) is 5.75 Å². The van der Waals surface area contributed by atoms with Gasteiger partial charge >= 0.3 is 0 Å². The van der Waals surface area contributed by atoms with Crippen molar-refractivity contribution in [3.63, 3.8) is 0 Å². The highest BCUT2D eigenvalue weighted by molar-refractivity contribution is 5.62. The Morgan fingerprint density at radius 1 is 1.35 bits per heavy atom. The summed E-state index contributed by atoms with van der Waals surface area (Å²) in [6.07, 6.45) is 0.997. The standard InChI is InChI=1S/C17H28N2O/c1-6-14(18)10-19-11-17(4,5)20-16-8-7-13(12(2)3)9-15(16)19/h7-9,12,14H,6,10-11,18H2,1-5H3. The van der Waals surface area contributed by atoms with Crippen LogP contribution < -0.4 is 15.4 Å². The van der Waals surface area contributed by atoms with Crippen LogP contribution in [0.1, 0.15) is 52.5 Å². The molecule has 0 aromatic heterocycles. The van der Waals surface area contributed by atoms with Crippen molar-refractivity contribution in [2.24, 2.45) is 5.73 Å². The van der Waals surface area contributed by atoms with Crippen LogP contribution in [-0.4, -0.2) is 24.7 Å². The highest BCUT2D eigenvalue weighted by atomic mass is 16.5. The van der Waals surface area contributed by atoms with Crippen molar-refractivity contribution >= 4 is 5.69 Å². The fraction of sp³-hybridized carbons (Fsp3) is 0.647. The Bertz CT molecular complexity index is 468. The molecule has 0 bridgehead atoms. The first-order chi connectivity index (χ1) is 9.32. The Morgan fingerprint density at radius 3 is 2.65 bits per heavy atom. The molecule has 3 heteroatoms. The third-order valence-electron chi connectivity index (χ3n) is 3.93. The highest BCUT2D eigenvalue weighted by Crippen LogP contribution is 2.38. The summed E-state index contributed by atoms with van der Waals surface area (Å²) in [5.74, 6) is 1.51. The van der Waals surface area contributed by atoms with Crippen molar-refractivity contribution in [2.75, 3.05) is 18.0 Å². The maximum atomic E-state index is 6.16. The zero-order valence-corrected chi connectivity index (χ0v) is 13.4. The number of ether oxygens (including phenoxy) is 1. The van der Waals surface area contributed by atoms with E-state index in [0.717, 1.165) is 25.3 Å². The van der Waals surface area contributed by atoms with E-state index in [4.69, 9.17) is 10.5 Å². The maximum Gasteiger partial charge on any atom is 0.143 e. The topological polar surface area (TPSA) is 38.5 Å². The summed E-state index contributed by atoms with van der Waals surface area (Å²) >= 11 is 0. The van der Waals surface area contributed by atoms with Crippen LogP contribution in [-0.2, 0) is 0 Å². The second-order valence-electron chi connectivity index (χ2n) is 6.79. The van der Waals surface area contributed by atoms with Gasteiger partial charge in [0.15, 0.2) is 0 Å². The molecule has 0 spiro atoms. The van der Waals surface area contributed by atoms with Gasteiger partial charge in [0.05, 0.1) is 12.2 Å². The first-order valence-electron chi connectivity index (χ1n) is 7.66. The van der Waals surface area contributed by atoms with Crippen molar-refractivity contribution in [1.82, 2.24) is 0 Å². The number of hydrogen-bond acceptors (Lipinski definition) is 3.